The summed E-state index contributed by atoms with van der Waals surface area (Å²) in [7, 11) is 0. The number of hydrogen-bond acceptors (Lipinski definition) is 7. The van der Waals surface area contributed by atoms with Crippen LogP contribution in [-0.2, 0) is 24.4 Å². The molecule has 200 valence electrons. The molecule has 1 fully saturated rings. The number of carbonyl (C=O) groups is 1. The van der Waals surface area contributed by atoms with E-state index in [1.807, 2.05) is 13.8 Å². The normalized spacial score (nSPS) is 14.9. The molecule has 2 aromatic carbocycles. The van der Waals surface area contributed by atoms with Crippen LogP contribution in [0, 0.1) is 4.77 Å². The first-order valence-electron chi connectivity index (χ1n) is 13.3. The fourth-order valence-electron chi connectivity index (χ4n) is 5.14. The van der Waals surface area contributed by atoms with Crippen molar-refractivity contribution in [2.45, 2.75) is 46.4 Å². The summed E-state index contributed by atoms with van der Waals surface area (Å²) in [5, 5.41) is 7.51. The molecule has 5 rings (SSSR count). The van der Waals surface area contributed by atoms with Crippen molar-refractivity contribution < 1.29 is 4.79 Å². The Bertz CT molecular complexity index is 1490. The monoisotopic (exact) mass is 532 g/mol. The highest BCUT2D eigenvalue weighted by Crippen LogP contribution is 2.26. The largest absolute Gasteiger partial charge is 0.365 e. The van der Waals surface area contributed by atoms with Crippen molar-refractivity contribution in [1.29, 1.82) is 0 Å². The molecule has 10 heteroatoms. The van der Waals surface area contributed by atoms with Crippen LogP contribution in [-0.4, -0.2) is 74.0 Å². The number of amides is 1. The van der Waals surface area contributed by atoms with Crippen LogP contribution in [0.5, 0.6) is 0 Å². The maximum atomic E-state index is 12.1. The maximum absolute atomic E-state index is 12.1. The molecule has 0 radical (unpaired) electrons. The molecule has 0 unspecified atom stereocenters. The van der Waals surface area contributed by atoms with E-state index in [1.165, 1.54) is 11.1 Å². The Morgan fingerprint density at radius 2 is 1.82 bits per heavy atom. The molecule has 0 aliphatic carbocycles. The standard InChI is InChI=1S/C28H36N8OS/c1-4-36-25-14-23-22(13-24(25)33-28(36)38)27(31-18-30-23)29-15-20-7-5-6-8-21(20)16-34-9-11-35(12-10-34)17-26(37)32-19(2)3/h5-8,13-14,18-19H,4,9-12,15-17H2,1-3H3,(H,32,37)(H,33,38)(H,29,30,31). The average molecular weight is 533 g/mol. The van der Waals surface area contributed by atoms with Crippen LogP contribution in [0.25, 0.3) is 21.9 Å². The number of piperazine rings is 1. The third kappa shape index (κ3) is 5.87. The molecule has 0 saturated carbocycles. The van der Waals surface area contributed by atoms with Crippen LogP contribution in [0.1, 0.15) is 31.9 Å². The minimum absolute atomic E-state index is 0.105. The van der Waals surface area contributed by atoms with E-state index in [1.54, 1.807) is 6.33 Å². The molecule has 38 heavy (non-hydrogen) atoms. The number of benzene rings is 2. The van der Waals surface area contributed by atoms with Crippen LogP contribution in [0.4, 0.5) is 5.82 Å². The van der Waals surface area contributed by atoms with Gasteiger partial charge >= 0.3 is 0 Å². The smallest absolute Gasteiger partial charge is 0.234 e. The highest BCUT2D eigenvalue weighted by Gasteiger charge is 2.20. The van der Waals surface area contributed by atoms with Gasteiger partial charge in [-0.15, -0.1) is 0 Å². The van der Waals surface area contributed by atoms with Crippen LogP contribution in [0.15, 0.2) is 42.7 Å². The van der Waals surface area contributed by atoms with Gasteiger partial charge < -0.3 is 20.2 Å². The molecular weight excluding hydrogens is 496 g/mol. The van der Waals surface area contributed by atoms with Crippen LogP contribution in [0.3, 0.4) is 0 Å². The van der Waals surface area contributed by atoms with Gasteiger partial charge in [0, 0.05) is 57.2 Å². The van der Waals surface area contributed by atoms with E-state index in [4.69, 9.17) is 12.2 Å². The summed E-state index contributed by atoms with van der Waals surface area (Å²) in [4.78, 5) is 29.2. The number of carbonyl (C=O) groups excluding carboxylic acids is 1. The quantitative estimate of drug-likeness (QED) is 0.281. The zero-order chi connectivity index (χ0) is 26.6. The first kappa shape index (κ1) is 26.3. The van der Waals surface area contributed by atoms with E-state index in [0.717, 1.165) is 67.0 Å². The van der Waals surface area contributed by atoms with E-state index in [0.29, 0.717) is 17.9 Å². The molecule has 0 atom stereocenters. The van der Waals surface area contributed by atoms with E-state index in [9.17, 15) is 4.79 Å². The molecule has 3 heterocycles. The number of aromatic nitrogens is 4. The molecule has 1 amide bonds. The summed E-state index contributed by atoms with van der Waals surface area (Å²) in [6, 6.07) is 12.9. The van der Waals surface area contributed by atoms with Gasteiger partial charge in [0.05, 0.1) is 23.1 Å². The van der Waals surface area contributed by atoms with Crippen LogP contribution >= 0.6 is 12.2 Å². The second-order valence-electron chi connectivity index (χ2n) is 10.2. The molecule has 1 saturated heterocycles. The van der Waals surface area contributed by atoms with E-state index in [2.05, 4.69) is 83.3 Å². The third-order valence-electron chi connectivity index (χ3n) is 7.09. The van der Waals surface area contributed by atoms with Gasteiger partial charge in [-0.1, -0.05) is 24.3 Å². The highest BCUT2D eigenvalue weighted by molar-refractivity contribution is 7.71. The number of imidazole rings is 1. The van der Waals surface area contributed by atoms with Gasteiger partial charge in [-0.3, -0.25) is 14.6 Å². The van der Waals surface area contributed by atoms with E-state index < -0.39 is 0 Å². The number of rotatable bonds is 9. The summed E-state index contributed by atoms with van der Waals surface area (Å²) in [6.45, 7) is 12.6. The number of fused-ring (bicyclic) bond motifs is 2. The fraction of sp³-hybridized carbons (Fsp3) is 0.429. The second kappa shape index (κ2) is 11.6. The highest BCUT2D eigenvalue weighted by atomic mass is 32.1. The van der Waals surface area contributed by atoms with Crippen molar-refractivity contribution in [2.24, 2.45) is 0 Å². The van der Waals surface area contributed by atoms with Crippen molar-refractivity contribution in [3.63, 3.8) is 0 Å². The van der Waals surface area contributed by atoms with Gasteiger partial charge in [-0.05, 0) is 56.2 Å². The molecule has 3 N–H and O–H groups in total. The maximum Gasteiger partial charge on any atom is 0.234 e. The van der Waals surface area contributed by atoms with Crippen molar-refractivity contribution in [2.75, 3.05) is 38.0 Å². The lowest BCUT2D eigenvalue weighted by Crippen LogP contribution is -2.49. The summed E-state index contributed by atoms with van der Waals surface area (Å²) in [6.07, 6.45) is 1.61. The van der Waals surface area contributed by atoms with Gasteiger partial charge in [0.1, 0.15) is 12.1 Å². The molecular formula is C28H36N8OS. The average Bonchev–Trinajstić information content (AvgIpc) is 3.21. The van der Waals surface area contributed by atoms with Gasteiger partial charge in [0.2, 0.25) is 5.91 Å². The molecule has 0 bridgehead atoms. The molecule has 1 aliphatic heterocycles. The first-order chi connectivity index (χ1) is 18.4. The minimum Gasteiger partial charge on any atom is -0.365 e. The Morgan fingerprint density at radius 1 is 1.08 bits per heavy atom. The topological polar surface area (TPSA) is 94.1 Å². The van der Waals surface area contributed by atoms with Crippen molar-refractivity contribution >= 4 is 45.9 Å². The lowest BCUT2D eigenvalue weighted by molar-refractivity contribution is -0.123. The number of H-pyrrole nitrogens is 1. The fourth-order valence-corrected chi connectivity index (χ4v) is 5.48. The SMILES string of the molecule is CCn1c(=S)[nH]c2cc3c(NCc4ccccc4CN4CCN(CC(=O)NC(C)C)CC4)ncnc3cc21. The number of nitrogens with zero attached hydrogens (tertiary/aromatic N) is 5. The first-order valence-corrected chi connectivity index (χ1v) is 13.7. The molecule has 0 spiro atoms. The lowest BCUT2D eigenvalue weighted by atomic mass is 10.1. The summed E-state index contributed by atoms with van der Waals surface area (Å²) < 4.78 is 2.80. The Balaban J connectivity index is 1.25. The van der Waals surface area contributed by atoms with Crippen LogP contribution in [0.2, 0.25) is 0 Å². The zero-order valence-electron chi connectivity index (χ0n) is 22.3. The number of hydrogen-bond donors (Lipinski definition) is 3. The summed E-state index contributed by atoms with van der Waals surface area (Å²) in [5.74, 6) is 0.914. The van der Waals surface area contributed by atoms with E-state index in [-0.39, 0.29) is 11.9 Å². The third-order valence-corrected chi connectivity index (χ3v) is 7.41. The number of aryl methyl sites for hydroxylation is 1. The van der Waals surface area contributed by atoms with Crippen LogP contribution < -0.4 is 10.6 Å². The Kier molecular flexibility index (Phi) is 8.01. The Hall–Kier alpha value is -3.34. The van der Waals surface area contributed by atoms with Gasteiger partial charge in [0.15, 0.2) is 4.77 Å². The van der Waals surface area contributed by atoms with Gasteiger partial charge in [-0.25, -0.2) is 9.97 Å². The summed E-state index contributed by atoms with van der Waals surface area (Å²) in [5.41, 5.74) is 5.48. The molecule has 9 nitrogen and oxygen atoms in total. The predicted molar refractivity (Wildman–Crippen MR) is 155 cm³/mol. The van der Waals surface area contributed by atoms with Crippen molar-refractivity contribution in [3.05, 3.63) is 58.6 Å². The molecule has 2 aromatic heterocycles. The van der Waals surface area contributed by atoms with Crippen molar-refractivity contribution in [1.82, 2.24) is 34.6 Å². The van der Waals surface area contributed by atoms with Crippen molar-refractivity contribution in [3.8, 4) is 0 Å². The predicted octanol–water partition coefficient (Wildman–Crippen LogP) is 3.92. The second-order valence-corrected chi connectivity index (χ2v) is 10.6. The lowest BCUT2D eigenvalue weighted by Gasteiger charge is -2.34. The zero-order valence-corrected chi connectivity index (χ0v) is 23.1. The molecule has 4 aromatic rings. The Labute approximate surface area is 228 Å². The summed E-state index contributed by atoms with van der Waals surface area (Å²) >= 11 is 5.49. The number of aromatic amines is 1. The number of nitrogens with one attached hydrogen (secondary N) is 3. The van der Waals surface area contributed by atoms with Gasteiger partial charge in [0.25, 0.3) is 0 Å². The Morgan fingerprint density at radius 3 is 2.55 bits per heavy atom. The molecule has 1 aliphatic rings. The number of anilines is 1. The van der Waals surface area contributed by atoms with Gasteiger partial charge in [-0.2, -0.15) is 0 Å². The van der Waals surface area contributed by atoms with E-state index >= 15 is 0 Å². The minimum atomic E-state index is 0.105.